The van der Waals surface area contributed by atoms with Crippen LogP contribution in [-0.2, 0) is 0 Å². The Hall–Kier alpha value is -1.16. The van der Waals surface area contributed by atoms with Crippen molar-refractivity contribution in [3.8, 4) is 0 Å². The molecule has 0 bridgehead atoms. The highest BCUT2D eigenvalue weighted by Gasteiger charge is 2.17. The van der Waals surface area contributed by atoms with E-state index in [1.165, 1.54) is 10.9 Å². The maximum Gasteiger partial charge on any atom is 0.106 e. The van der Waals surface area contributed by atoms with E-state index in [1.54, 1.807) is 0 Å². The third-order valence-electron chi connectivity index (χ3n) is 3.72. The molecule has 0 amide bonds. The normalized spacial score (nSPS) is 12.6. The van der Waals surface area contributed by atoms with Crippen LogP contribution in [-0.4, -0.2) is 5.11 Å². The van der Waals surface area contributed by atoms with E-state index in [0.717, 1.165) is 25.5 Å². The molecule has 0 aromatic heterocycles. The molecule has 3 aromatic carbocycles. The molecular formula is C18H14Br2O. The van der Waals surface area contributed by atoms with Crippen molar-refractivity contribution < 1.29 is 5.11 Å². The Balaban J connectivity index is 2.20. The van der Waals surface area contributed by atoms with Crippen LogP contribution in [0.5, 0.6) is 0 Å². The standard InChI is InChI=1S/C18H14Br2O/c1-11-6-8-15(14-5-3-2-4-13(11)14)18(21)16-10-12(19)7-9-17(16)20/h2-10,18,21H,1H3. The van der Waals surface area contributed by atoms with E-state index < -0.39 is 6.10 Å². The topological polar surface area (TPSA) is 20.2 Å². The SMILES string of the molecule is Cc1ccc(C(O)c2cc(Br)ccc2Br)c2ccccc12. The average molecular weight is 406 g/mol. The van der Waals surface area contributed by atoms with E-state index in [-0.39, 0.29) is 0 Å². The van der Waals surface area contributed by atoms with Gasteiger partial charge in [-0.3, -0.25) is 0 Å². The van der Waals surface area contributed by atoms with Crippen LogP contribution in [0, 0.1) is 6.92 Å². The van der Waals surface area contributed by atoms with Gasteiger partial charge in [-0.15, -0.1) is 0 Å². The van der Waals surface area contributed by atoms with Gasteiger partial charge in [0.25, 0.3) is 0 Å². The van der Waals surface area contributed by atoms with Gasteiger partial charge in [0.05, 0.1) is 0 Å². The summed E-state index contributed by atoms with van der Waals surface area (Å²) in [6.45, 7) is 2.09. The van der Waals surface area contributed by atoms with Crippen LogP contribution in [0.1, 0.15) is 22.8 Å². The van der Waals surface area contributed by atoms with Crippen molar-refractivity contribution in [2.75, 3.05) is 0 Å². The molecule has 0 aliphatic heterocycles. The zero-order chi connectivity index (χ0) is 15.0. The van der Waals surface area contributed by atoms with Gasteiger partial charge in [-0.1, -0.05) is 68.3 Å². The molecular weight excluding hydrogens is 392 g/mol. The largest absolute Gasteiger partial charge is 0.384 e. The maximum atomic E-state index is 10.8. The quantitative estimate of drug-likeness (QED) is 0.574. The lowest BCUT2D eigenvalue weighted by Crippen LogP contribution is -2.02. The number of halogens is 2. The van der Waals surface area contributed by atoms with Crippen LogP contribution in [0.2, 0.25) is 0 Å². The first-order chi connectivity index (χ1) is 10.1. The molecule has 0 aliphatic carbocycles. The van der Waals surface area contributed by atoms with Crippen molar-refractivity contribution in [2.45, 2.75) is 13.0 Å². The number of hydrogen-bond donors (Lipinski definition) is 1. The van der Waals surface area contributed by atoms with Crippen molar-refractivity contribution in [2.24, 2.45) is 0 Å². The van der Waals surface area contributed by atoms with Gasteiger partial charge >= 0.3 is 0 Å². The second-order valence-corrected chi connectivity index (χ2v) is 6.86. The number of benzene rings is 3. The lowest BCUT2D eigenvalue weighted by Gasteiger charge is -2.17. The molecule has 1 N–H and O–H groups in total. The summed E-state index contributed by atoms with van der Waals surface area (Å²) in [5, 5.41) is 13.1. The van der Waals surface area contributed by atoms with Crippen LogP contribution in [0.25, 0.3) is 10.8 Å². The predicted molar refractivity (Wildman–Crippen MR) is 94.6 cm³/mol. The molecule has 0 saturated carbocycles. The number of rotatable bonds is 2. The summed E-state index contributed by atoms with van der Waals surface area (Å²) in [4.78, 5) is 0. The Bertz CT molecular complexity index is 811. The van der Waals surface area contributed by atoms with E-state index in [1.807, 2.05) is 36.4 Å². The van der Waals surface area contributed by atoms with Gasteiger partial charge in [0, 0.05) is 14.5 Å². The molecule has 3 rings (SSSR count). The average Bonchev–Trinajstić information content (AvgIpc) is 2.50. The molecule has 0 saturated heterocycles. The fraction of sp³-hybridized carbons (Fsp3) is 0.111. The molecule has 0 spiro atoms. The minimum atomic E-state index is -0.664. The first kappa shape index (κ1) is 14.8. The van der Waals surface area contributed by atoms with Crippen molar-refractivity contribution in [1.29, 1.82) is 0 Å². The zero-order valence-electron chi connectivity index (χ0n) is 11.5. The molecule has 106 valence electrons. The van der Waals surface area contributed by atoms with E-state index in [4.69, 9.17) is 0 Å². The second kappa shape index (κ2) is 5.91. The van der Waals surface area contributed by atoms with E-state index in [9.17, 15) is 5.11 Å². The summed E-state index contributed by atoms with van der Waals surface area (Å²) < 4.78 is 1.86. The van der Waals surface area contributed by atoms with Gasteiger partial charge < -0.3 is 5.11 Å². The molecule has 0 fully saturated rings. The number of aliphatic hydroxyl groups excluding tert-OH is 1. The van der Waals surface area contributed by atoms with E-state index >= 15 is 0 Å². The molecule has 1 unspecified atom stereocenters. The van der Waals surface area contributed by atoms with Crippen LogP contribution >= 0.6 is 31.9 Å². The second-order valence-electron chi connectivity index (χ2n) is 5.09. The third kappa shape index (κ3) is 2.78. The number of aryl methyl sites for hydroxylation is 1. The molecule has 21 heavy (non-hydrogen) atoms. The van der Waals surface area contributed by atoms with Crippen molar-refractivity contribution in [1.82, 2.24) is 0 Å². The number of hydrogen-bond acceptors (Lipinski definition) is 1. The minimum Gasteiger partial charge on any atom is -0.384 e. The lowest BCUT2D eigenvalue weighted by molar-refractivity contribution is 0.221. The number of fused-ring (bicyclic) bond motifs is 1. The fourth-order valence-electron chi connectivity index (χ4n) is 2.60. The summed E-state index contributed by atoms with van der Waals surface area (Å²) in [6, 6.07) is 18.1. The van der Waals surface area contributed by atoms with Gasteiger partial charge in [0.2, 0.25) is 0 Å². The summed E-state index contributed by atoms with van der Waals surface area (Å²) >= 11 is 6.99. The minimum absolute atomic E-state index is 0.664. The van der Waals surface area contributed by atoms with Gasteiger partial charge in [-0.2, -0.15) is 0 Å². The van der Waals surface area contributed by atoms with Crippen LogP contribution in [0.3, 0.4) is 0 Å². The Morgan fingerprint density at radius 3 is 2.33 bits per heavy atom. The maximum absolute atomic E-state index is 10.8. The zero-order valence-corrected chi connectivity index (χ0v) is 14.6. The highest BCUT2D eigenvalue weighted by Crippen LogP contribution is 2.35. The van der Waals surface area contributed by atoms with Crippen molar-refractivity contribution in [3.05, 3.63) is 80.2 Å². The molecule has 1 nitrogen and oxygen atoms in total. The molecule has 1 atom stereocenters. The van der Waals surface area contributed by atoms with Gasteiger partial charge in [0.1, 0.15) is 6.10 Å². The third-order valence-corrected chi connectivity index (χ3v) is 4.94. The Morgan fingerprint density at radius 2 is 1.57 bits per heavy atom. The monoisotopic (exact) mass is 404 g/mol. The molecule has 0 aliphatic rings. The summed E-state index contributed by atoms with van der Waals surface area (Å²) in [5.74, 6) is 0. The number of aliphatic hydroxyl groups is 1. The fourth-order valence-corrected chi connectivity index (χ4v) is 3.45. The van der Waals surface area contributed by atoms with Crippen LogP contribution < -0.4 is 0 Å². The van der Waals surface area contributed by atoms with Crippen LogP contribution in [0.15, 0.2) is 63.5 Å². The summed E-state index contributed by atoms with van der Waals surface area (Å²) in [7, 11) is 0. The van der Waals surface area contributed by atoms with Crippen molar-refractivity contribution in [3.63, 3.8) is 0 Å². The van der Waals surface area contributed by atoms with Gasteiger partial charge in [-0.05, 0) is 47.0 Å². The van der Waals surface area contributed by atoms with Crippen LogP contribution in [0.4, 0.5) is 0 Å². The Morgan fingerprint density at radius 1 is 0.857 bits per heavy atom. The highest BCUT2D eigenvalue weighted by molar-refractivity contribution is 9.11. The van der Waals surface area contributed by atoms with Gasteiger partial charge in [0.15, 0.2) is 0 Å². The smallest absolute Gasteiger partial charge is 0.106 e. The first-order valence-corrected chi connectivity index (χ1v) is 8.28. The molecule has 0 heterocycles. The van der Waals surface area contributed by atoms with Gasteiger partial charge in [-0.25, -0.2) is 0 Å². The Kier molecular flexibility index (Phi) is 4.16. The van der Waals surface area contributed by atoms with E-state index in [0.29, 0.717) is 0 Å². The van der Waals surface area contributed by atoms with Crippen molar-refractivity contribution >= 4 is 42.6 Å². The Labute approximate surface area is 140 Å². The molecule has 3 heteroatoms. The highest BCUT2D eigenvalue weighted by atomic mass is 79.9. The molecule has 3 aromatic rings. The summed E-state index contributed by atoms with van der Waals surface area (Å²) in [5.41, 5.74) is 3.00. The first-order valence-electron chi connectivity index (χ1n) is 6.69. The van der Waals surface area contributed by atoms with E-state index in [2.05, 4.69) is 57.0 Å². The predicted octanol–water partition coefficient (Wildman–Crippen LogP) is 5.75. The lowest BCUT2D eigenvalue weighted by atomic mass is 9.94. The summed E-state index contributed by atoms with van der Waals surface area (Å²) in [6.07, 6.45) is -0.664. The molecule has 0 radical (unpaired) electrons.